The van der Waals surface area contributed by atoms with Gasteiger partial charge in [0.05, 0.1) is 24.2 Å². The number of nitrogens with zero attached hydrogens (tertiary/aromatic N) is 5. The lowest BCUT2D eigenvalue weighted by Gasteiger charge is -2.15. The zero-order valence-electron chi connectivity index (χ0n) is 15.9. The fraction of sp³-hybridized carbons (Fsp3) is 0.333. The van der Waals surface area contributed by atoms with Gasteiger partial charge < -0.3 is 9.72 Å². The number of ether oxygens (including phenoxy) is 1. The van der Waals surface area contributed by atoms with Crippen molar-refractivity contribution in [2.75, 3.05) is 6.61 Å². The quantitative estimate of drug-likeness (QED) is 0.397. The minimum atomic E-state index is -1.16. The van der Waals surface area contributed by atoms with Crippen LogP contribution < -0.4 is 5.56 Å². The largest absolute Gasteiger partial charge is 0.360 e. The average Bonchev–Trinajstić information content (AvgIpc) is 3.22. The summed E-state index contributed by atoms with van der Waals surface area (Å²) in [6.45, 7) is 7.81. The number of halogens is 1. The third-order valence-corrected chi connectivity index (χ3v) is 6.22. The van der Waals surface area contributed by atoms with Gasteiger partial charge in [-0.25, -0.2) is 18.7 Å². The molecule has 146 valence electrons. The number of hydrogen-bond acceptors (Lipinski definition) is 5. The molecule has 0 radical (unpaired) electrons. The fourth-order valence-electron chi connectivity index (χ4n) is 2.92. The summed E-state index contributed by atoms with van der Waals surface area (Å²) in [4.78, 5) is 18.4. The molecule has 0 aliphatic rings. The van der Waals surface area contributed by atoms with Crippen molar-refractivity contribution in [3.8, 4) is 5.69 Å². The molecular weight excluding hydrogens is 379 g/mol. The Balaban J connectivity index is 1.65. The molecule has 10 heteroatoms. The lowest BCUT2D eigenvalue weighted by molar-refractivity contribution is 0.0817. The topological polar surface area (TPSA) is 90.6 Å². The molecule has 0 spiro atoms. The van der Waals surface area contributed by atoms with Gasteiger partial charge in [-0.15, -0.1) is 0 Å². The van der Waals surface area contributed by atoms with Crippen LogP contribution in [-0.4, -0.2) is 44.2 Å². The number of aromatic nitrogens is 6. The van der Waals surface area contributed by atoms with E-state index >= 15 is 0 Å². The highest BCUT2D eigenvalue weighted by Gasteiger charge is 2.16. The molecule has 0 aliphatic heterocycles. The second-order valence-corrected chi connectivity index (χ2v) is 13.5. The lowest BCUT2D eigenvalue weighted by Crippen LogP contribution is -2.22. The van der Waals surface area contributed by atoms with Gasteiger partial charge >= 0.3 is 0 Å². The van der Waals surface area contributed by atoms with Crippen LogP contribution in [0.15, 0.2) is 35.6 Å². The van der Waals surface area contributed by atoms with E-state index < -0.39 is 13.9 Å². The first-order chi connectivity index (χ1) is 13.3. The Morgan fingerprint density at radius 1 is 1.21 bits per heavy atom. The van der Waals surface area contributed by atoms with Gasteiger partial charge in [0.15, 0.2) is 11.5 Å². The molecule has 0 atom stereocenters. The van der Waals surface area contributed by atoms with Gasteiger partial charge in [0.2, 0.25) is 0 Å². The molecule has 3 aromatic heterocycles. The van der Waals surface area contributed by atoms with E-state index in [0.29, 0.717) is 23.2 Å². The van der Waals surface area contributed by atoms with Crippen LogP contribution in [0.4, 0.5) is 4.39 Å². The summed E-state index contributed by atoms with van der Waals surface area (Å²) in [5, 5.41) is 9.48. The van der Waals surface area contributed by atoms with E-state index in [9.17, 15) is 9.18 Å². The Labute approximate surface area is 161 Å². The Hall–Kier alpha value is -2.85. The highest BCUT2D eigenvalue weighted by molar-refractivity contribution is 6.76. The van der Waals surface area contributed by atoms with E-state index in [1.807, 2.05) is 0 Å². The molecule has 3 heterocycles. The van der Waals surface area contributed by atoms with Crippen LogP contribution in [0.3, 0.4) is 0 Å². The third kappa shape index (κ3) is 3.48. The van der Waals surface area contributed by atoms with Crippen LogP contribution in [0.2, 0.25) is 25.7 Å². The van der Waals surface area contributed by atoms with Gasteiger partial charge in [0, 0.05) is 26.1 Å². The maximum atomic E-state index is 14.9. The number of H-pyrrole nitrogens is 1. The van der Waals surface area contributed by atoms with Crippen molar-refractivity contribution in [3.63, 3.8) is 0 Å². The van der Waals surface area contributed by atoms with E-state index in [1.165, 1.54) is 23.3 Å². The van der Waals surface area contributed by atoms with E-state index in [2.05, 4.69) is 39.8 Å². The summed E-state index contributed by atoms with van der Waals surface area (Å²) in [7, 11) is -1.16. The molecule has 8 nitrogen and oxygen atoms in total. The maximum Gasteiger partial charge on any atom is 0.261 e. The lowest BCUT2D eigenvalue weighted by atomic mass is 10.2. The van der Waals surface area contributed by atoms with Crippen LogP contribution in [0.25, 0.3) is 27.6 Å². The minimum absolute atomic E-state index is 0.208. The van der Waals surface area contributed by atoms with Gasteiger partial charge in [0.1, 0.15) is 17.8 Å². The molecule has 4 aromatic rings. The molecule has 0 amide bonds. The maximum absolute atomic E-state index is 14.9. The zero-order valence-corrected chi connectivity index (χ0v) is 16.9. The number of benzene rings is 1. The summed E-state index contributed by atoms with van der Waals surface area (Å²) in [6.07, 6.45) is 4.31. The Kier molecular flexibility index (Phi) is 4.59. The molecule has 28 heavy (non-hydrogen) atoms. The van der Waals surface area contributed by atoms with Gasteiger partial charge in [0.25, 0.3) is 5.56 Å². The SMILES string of the molecule is C[Si](C)(C)CCOCn1ncc2cc(-n3ncc4c(=O)[nH]cnc43)c(F)cc21. The van der Waals surface area contributed by atoms with Crippen molar-refractivity contribution in [1.29, 1.82) is 0 Å². The molecule has 0 aliphatic carbocycles. The van der Waals surface area contributed by atoms with Crippen LogP contribution >= 0.6 is 0 Å². The summed E-state index contributed by atoms with van der Waals surface area (Å²) in [6, 6.07) is 4.11. The Morgan fingerprint density at radius 2 is 2.04 bits per heavy atom. The van der Waals surface area contributed by atoms with Gasteiger partial charge in [-0.3, -0.25) is 4.79 Å². The molecule has 0 saturated heterocycles. The summed E-state index contributed by atoms with van der Waals surface area (Å²) in [5.74, 6) is -0.483. The number of fused-ring (bicyclic) bond motifs is 2. The van der Waals surface area contributed by atoms with Crippen LogP contribution in [0.5, 0.6) is 0 Å². The Bertz CT molecular complexity index is 1210. The van der Waals surface area contributed by atoms with E-state index in [1.54, 1.807) is 16.9 Å². The first kappa shape index (κ1) is 18.5. The van der Waals surface area contributed by atoms with Gasteiger partial charge in [-0.05, 0) is 12.1 Å². The smallest absolute Gasteiger partial charge is 0.261 e. The van der Waals surface area contributed by atoms with Crippen molar-refractivity contribution in [1.82, 2.24) is 29.5 Å². The zero-order chi connectivity index (χ0) is 19.9. The second-order valence-electron chi connectivity index (χ2n) is 7.88. The number of rotatable bonds is 6. The van der Waals surface area contributed by atoms with Crippen molar-refractivity contribution >= 4 is 30.0 Å². The molecule has 0 unspecified atom stereocenters. The standard InChI is InChI=1S/C18H21FN6O2Si/c1-28(2,3)5-4-27-11-24-15-7-14(19)16(6-12(15)8-22-24)25-17-13(9-23-25)18(26)21-10-20-17/h6-10H,4-5,11H2,1-3H3,(H,20,21,26). The van der Waals surface area contributed by atoms with Gasteiger partial charge in [-0.1, -0.05) is 19.6 Å². The molecule has 1 N–H and O–H groups in total. The molecular formula is C18H21FN6O2Si. The minimum Gasteiger partial charge on any atom is -0.360 e. The Morgan fingerprint density at radius 3 is 2.82 bits per heavy atom. The molecule has 4 rings (SSSR count). The number of aromatic amines is 1. The van der Waals surface area contributed by atoms with Crippen molar-refractivity contribution in [2.24, 2.45) is 0 Å². The summed E-state index contributed by atoms with van der Waals surface area (Å²) >= 11 is 0. The summed E-state index contributed by atoms with van der Waals surface area (Å²) < 4.78 is 23.5. The third-order valence-electron chi connectivity index (χ3n) is 4.52. The number of hydrogen-bond donors (Lipinski definition) is 1. The predicted octanol–water partition coefficient (Wildman–Crippen LogP) is 2.91. The van der Waals surface area contributed by atoms with Crippen molar-refractivity contribution in [3.05, 3.63) is 47.0 Å². The summed E-state index contributed by atoms with van der Waals surface area (Å²) in [5.41, 5.74) is 0.821. The fourth-order valence-corrected chi connectivity index (χ4v) is 3.67. The molecule has 1 aromatic carbocycles. The molecule has 0 saturated carbocycles. The number of nitrogens with one attached hydrogen (secondary N) is 1. The van der Waals surface area contributed by atoms with Crippen LogP contribution in [0.1, 0.15) is 0 Å². The highest BCUT2D eigenvalue weighted by Crippen LogP contribution is 2.23. The second kappa shape index (κ2) is 6.95. The van der Waals surface area contributed by atoms with Crippen LogP contribution in [-0.2, 0) is 11.5 Å². The molecule has 0 fully saturated rings. The first-order valence-corrected chi connectivity index (χ1v) is 12.7. The highest BCUT2D eigenvalue weighted by atomic mass is 28.3. The van der Waals surface area contributed by atoms with Crippen molar-refractivity contribution < 1.29 is 9.13 Å². The van der Waals surface area contributed by atoms with E-state index in [4.69, 9.17) is 4.74 Å². The van der Waals surface area contributed by atoms with E-state index in [-0.39, 0.29) is 18.0 Å². The first-order valence-electron chi connectivity index (χ1n) is 8.98. The monoisotopic (exact) mass is 400 g/mol. The van der Waals surface area contributed by atoms with Crippen LogP contribution in [0, 0.1) is 5.82 Å². The average molecular weight is 400 g/mol. The normalized spacial score (nSPS) is 12.3. The van der Waals surface area contributed by atoms with Gasteiger partial charge in [-0.2, -0.15) is 10.2 Å². The molecule has 0 bridgehead atoms. The predicted molar refractivity (Wildman–Crippen MR) is 107 cm³/mol. The van der Waals surface area contributed by atoms with Crippen molar-refractivity contribution in [2.45, 2.75) is 32.4 Å². The van der Waals surface area contributed by atoms with E-state index in [0.717, 1.165) is 11.4 Å².